The quantitative estimate of drug-likeness (QED) is 0.821. The Morgan fingerprint density at radius 1 is 1.47 bits per heavy atom. The van der Waals surface area contributed by atoms with Crippen LogP contribution in [-0.2, 0) is 4.79 Å². The molecule has 0 spiro atoms. The van der Waals surface area contributed by atoms with E-state index >= 15 is 0 Å². The Morgan fingerprint density at radius 3 is 2.73 bits per heavy atom. The van der Waals surface area contributed by atoms with Gasteiger partial charge in [0, 0.05) is 6.42 Å². The molecule has 1 atom stereocenters. The Balaban J connectivity index is 2.76. The monoisotopic (exact) mass is 206 g/mol. The molecule has 82 valence electrons. The van der Waals surface area contributed by atoms with E-state index in [-0.39, 0.29) is 11.7 Å². The fraction of sp³-hybridized carbons (Fsp3) is 0.462. The first-order valence-corrected chi connectivity index (χ1v) is 5.29. The van der Waals surface area contributed by atoms with Gasteiger partial charge in [-0.05, 0) is 37.8 Å². The first-order chi connectivity index (χ1) is 7.00. The maximum absolute atomic E-state index is 10.9. The summed E-state index contributed by atoms with van der Waals surface area (Å²) in [7, 11) is 0. The van der Waals surface area contributed by atoms with E-state index in [4.69, 9.17) is 0 Å². The van der Waals surface area contributed by atoms with Crippen molar-refractivity contribution in [3.63, 3.8) is 0 Å². The zero-order valence-electron chi connectivity index (χ0n) is 9.58. The highest BCUT2D eigenvalue weighted by Crippen LogP contribution is 2.29. The number of hydrogen-bond acceptors (Lipinski definition) is 2. The highest BCUT2D eigenvalue weighted by molar-refractivity contribution is 5.75. The lowest BCUT2D eigenvalue weighted by molar-refractivity contribution is -0.117. The zero-order valence-corrected chi connectivity index (χ0v) is 9.58. The molecule has 0 heterocycles. The maximum Gasteiger partial charge on any atom is 0.129 e. The molecule has 2 heteroatoms. The average molecular weight is 206 g/mol. The summed E-state index contributed by atoms with van der Waals surface area (Å²) >= 11 is 0. The molecule has 1 aromatic carbocycles. The molecule has 0 saturated heterocycles. The summed E-state index contributed by atoms with van der Waals surface area (Å²) < 4.78 is 0. The van der Waals surface area contributed by atoms with Gasteiger partial charge in [-0.15, -0.1) is 0 Å². The summed E-state index contributed by atoms with van der Waals surface area (Å²) in [6, 6.07) is 5.59. The molecule has 0 aliphatic carbocycles. The second kappa shape index (κ2) is 4.96. The number of aryl methyl sites for hydroxylation is 1. The maximum atomic E-state index is 10.9. The van der Waals surface area contributed by atoms with Crippen molar-refractivity contribution in [2.75, 3.05) is 0 Å². The van der Waals surface area contributed by atoms with Gasteiger partial charge in [0.2, 0.25) is 0 Å². The molecule has 1 rings (SSSR count). The van der Waals surface area contributed by atoms with Gasteiger partial charge in [0.15, 0.2) is 0 Å². The highest BCUT2D eigenvalue weighted by Gasteiger charge is 2.11. The van der Waals surface area contributed by atoms with Crippen molar-refractivity contribution in [3.8, 4) is 5.75 Å². The van der Waals surface area contributed by atoms with E-state index in [1.165, 1.54) is 0 Å². The van der Waals surface area contributed by atoms with Crippen molar-refractivity contribution < 1.29 is 9.90 Å². The highest BCUT2D eigenvalue weighted by atomic mass is 16.3. The summed E-state index contributed by atoms with van der Waals surface area (Å²) in [6.45, 7) is 5.64. The number of Topliss-reactive ketones (excluding diaryl/α,β-unsaturated/α-hetero) is 1. The third-order valence-electron chi connectivity index (χ3n) is 2.64. The van der Waals surface area contributed by atoms with Crippen molar-refractivity contribution in [2.45, 2.75) is 39.5 Å². The summed E-state index contributed by atoms with van der Waals surface area (Å²) in [5.41, 5.74) is 2.08. The van der Waals surface area contributed by atoms with E-state index < -0.39 is 0 Å². The predicted octanol–water partition coefficient (Wildman–Crippen LogP) is 3.17. The Hall–Kier alpha value is -1.31. The van der Waals surface area contributed by atoms with Crippen molar-refractivity contribution in [1.29, 1.82) is 0 Å². The topological polar surface area (TPSA) is 37.3 Å². The van der Waals surface area contributed by atoms with E-state index in [1.54, 1.807) is 13.0 Å². The molecule has 0 bridgehead atoms. The molecule has 0 aromatic heterocycles. The number of benzene rings is 1. The van der Waals surface area contributed by atoms with Crippen LogP contribution in [0.3, 0.4) is 0 Å². The SMILES string of the molecule is CC(=O)CCC(C)c1cc(C)ccc1O. The fourth-order valence-corrected chi connectivity index (χ4v) is 1.64. The minimum Gasteiger partial charge on any atom is -0.508 e. The molecule has 1 unspecified atom stereocenters. The Labute approximate surface area is 90.9 Å². The Kier molecular flexibility index (Phi) is 3.89. The lowest BCUT2D eigenvalue weighted by atomic mass is 9.93. The van der Waals surface area contributed by atoms with Crippen LogP contribution in [0, 0.1) is 6.92 Å². The molecule has 0 saturated carbocycles. The smallest absolute Gasteiger partial charge is 0.129 e. The molecule has 1 N–H and O–H groups in total. The van der Waals surface area contributed by atoms with E-state index in [2.05, 4.69) is 0 Å². The molecule has 0 aliphatic rings. The second-order valence-electron chi connectivity index (χ2n) is 4.20. The van der Waals surface area contributed by atoms with Crippen LogP contribution < -0.4 is 0 Å². The molecular weight excluding hydrogens is 188 g/mol. The van der Waals surface area contributed by atoms with Gasteiger partial charge >= 0.3 is 0 Å². The normalized spacial score (nSPS) is 12.5. The third-order valence-corrected chi connectivity index (χ3v) is 2.64. The minimum atomic E-state index is 0.203. The van der Waals surface area contributed by atoms with Crippen LogP contribution in [-0.4, -0.2) is 10.9 Å². The lowest BCUT2D eigenvalue weighted by Gasteiger charge is -2.13. The van der Waals surface area contributed by atoms with Crippen molar-refractivity contribution in [3.05, 3.63) is 29.3 Å². The van der Waals surface area contributed by atoms with Crippen molar-refractivity contribution >= 4 is 5.78 Å². The Bertz CT molecular complexity index is 356. The minimum absolute atomic E-state index is 0.203. The van der Waals surface area contributed by atoms with Gasteiger partial charge in [0.05, 0.1) is 0 Å². The number of carbonyl (C=O) groups is 1. The number of aromatic hydroxyl groups is 1. The molecule has 0 fully saturated rings. The number of carbonyl (C=O) groups excluding carboxylic acids is 1. The number of rotatable bonds is 4. The standard InChI is InChI=1S/C13H18O2/c1-9-4-7-13(15)12(8-9)10(2)5-6-11(3)14/h4,7-8,10,15H,5-6H2,1-3H3. The largest absolute Gasteiger partial charge is 0.508 e. The van der Waals surface area contributed by atoms with Gasteiger partial charge in [0.25, 0.3) is 0 Å². The van der Waals surface area contributed by atoms with Crippen LogP contribution in [0.15, 0.2) is 18.2 Å². The van der Waals surface area contributed by atoms with Gasteiger partial charge in [-0.3, -0.25) is 0 Å². The molecule has 0 radical (unpaired) electrons. The lowest BCUT2D eigenvalue weighted by Crippen LogP contribution is -1.98. The first kappa shape index (κ1) is 11.8. The summed E-state index contributed by atoms with van der Waals surface area (Å²) in [5.74, 6) is 0.763. The van der Waals surface area contributed by atoms with E-state index in [0.29, 0.717) is 12.2 Å². The van der Waals surface area contributed by atoms with E-state index in [0.717, 1.165) is 17.5 Å². The first-order valence-electron chi connectivity index (χ1n) is 5.29. The number of ketones is 1. The number of phenols is 1. The van der Waals surface area contributed by atoms with Gasteiger partial charge in [-0.25, -0.2) is 0 Å². The van der Waals surface area contributed by atoms with E-state index in [9.17, 15) is 9.90 Å². The second-order valence-corrected chi connectivity index (χ2v) is 4.20. The third kappa shape index (κ3) is 3.39. The van der Waals surface area contributed by atoms with Crippen molar-refractivity contribution in [2.24, 2.45) is 0 Å². The molecule has 0 amide bonds. The van der Waals surface area contributed by atoms with Crippen LogP contribution in [0.2, 0.25) is 0 Å². The summed E-state index contributed by atoms with van der Waals surface area (Å²) in [6.07, 6.45) is 1.38. The van der Waals surface area contributed by atoms with E-state index in [1.807, 2.05) is 26.0 Å². The van der Waals surface area contributed by atoms with Gasteiger partial charge in [-0.1, -0.05) is 24.6 Å². The summed E-state index contributed by atoms with van der Waals surface area (Å²) in [4.78, 5) is 10.9. The van der Waals surface area contributed by atoms with Crippen molar-refractivity contribution in [1.82, 2.24) is 0 Å². The van der Waals surface area contributed by atoms with Crippen LogP contribution >= 0.6 is 0 Å². The molecule has 2 nitrogen and oxygen atoms in total. The Morgan fingerprint density at radius 2 is 2.13 bits per heavy atom. The van der Waals surface area contributed by atoms with Gasteiger partial charge in [-0.2, -0.15) is 0 Å². The predicted molar refractivity (Wildman–Crippen MR) is 61.2 cm³/mol. The van der Waals surface area contributed by atoms with Gasteiger partial charge in [0.1, 0.15) is 11.5 Å². The zero-order chi connectivity index (χ0) is 11.4. The number of hydrogen-bond donors (Lipinski definition) is 1. The molecular formula is C13H18O2. The van der Waals surface area contributed by atoms with Crippen LogP contribution in [0.1, 0.15) is 43.7 Å². The van der Waals surface area contributed by atoms with Gasteiger partial charge < -0.3 is 9.90 Å². The fourth-order valence-electron chi connectivity index (χ4n) is 1.64. The summed E-state index contributed by atoms with van der Waals surface area (Å²) in [5, 5.41) is 9.69. The molecule has 15 heavy (non-hydrogen) atoms. The molecule has 0 aliphatic heterocycles. The van der Waals surface area contributed by atoms with Crippen LogP contribution in [0.25, 0.3) is 0 Å². The number of phenolic OH excluding ortho intramolecular Hbond substituents is 1. The molecule has 1 aromatic rings. The average Bonchev–Trinajstić information content (AvgIpc) is 2.18. The van der Waals surface area contributed by atoms with Crippen LogP contribution in [0.5, 0.6) is 5.75 Å². The van der Waals surface area contributed by atoms with Crippen LogP contribution in [0.4, 0.5) is 0 Å².